The fourth-order valence-electron chi connectivity index (χ4n) is 3.40. The van der Waals surface area contributed by atoms with Crippen molar-refractivity contribution in [2.75, 3.05) is 19.6 Å². The molecule has 2 aliphatic rings. The van der Waals surface area contributed by atoms with E-state index in [9.17, 15) is 0 Å². The minimum Gasteiger partial charge on any atom is -0.373 e. The Morgan fingerprint density at radius 3 is 2.41 bits per heavy atom. The first-order valence-electron chi connectivity index (χ1n) is 7.28. The second-order valence-electron chi connectivity index (χ2n) is 6.04. The van der Waals surface area contributed by atoms with Gasteiger partial charge in [0.15, 0.2) is 0 Å². The van der Waals surface area contributed by atoms with Gasteiger partial charge in [-0.05, 0) is 32.6 Å². The number of hydrogen-bond donors (Lipinski definition) is 1. The molecule has 100 valence electrons. The van der Waals surface area contributed by atoms with Crippen LogP contribution < -0.4 is 5.73 Å². The lowest BCUT2D eigenvalue weighted by molar-refractivity contribution is -0.0723. The monoisotopic (exact) mass is 240 g/mol. The van der Waals surface area contributed by atoms with Gasteiger partial charge in [0.05, 0.1) is 12.2 Å². The van der Waals surface area contributed by atoms with Crippen LogP contribution in [0.15, 0.2) is 0 Å². The van der Waals surface area contributed by atoms with Gasteiger partial charge in [0.2, 0.25) is 0 Å². The molecule has 1 heterocycles. The van der Waals surface area contributed by atoms with Crippen LogP contribution in [-0.4, -0.2) is 42.8 Å². The summed E-state index contributed by atoms with van der Waals surface area (Å²) in [4.78, 5) is 2.56. The SMILES string of the molecule is C[C@@H]1CN(CC2CCCCCC2N)C[C@H](C)O1. The average Bonchev–Trinajstić information content (AvgIpc) is 2.43. The van der Waals surface area contributed by atoms with E-state index in [-0.39, 0.29) is 0 Å². The van der Waals surface area contributed by atoms with Gasteiger partial charge in [-0.25, -0.2) is 0 Å². The molecule has 2 rings (SSSR count). The Labute approximate surface area is 106 Å². The van der Waals surface area contributed by atoms with E-state index >= 15 is 0 Å². The van der Waals surface area contributed by atoms with Crippen LogP contribution in [0.4, 0.5) is 0 Å². The van der Waals surface area contributed by atoms with Gasteiger partial charge in [-0.15, -0.1) is 0 Å². The van der Waals surface area contributed by atoms with Crippen molar-refractivity contribution in [3.8, 4) is 0 Å². The quantitative estimate of drug-likeness (QED) is 0.750. The van der Waals surface area contributed by atoms with Crippen molar-refractivity contribution in [3.05, 3.63) is 0 Å². The van der Waals surface area contributed by atoms with Gasteiger partial charge in [-0.3, -0.25) is 4.90 Å². The van der Waals surface area contributed by atoms with Crippen LogP contribution in [0.2, 0.25) is 0 Å². The molecule has 1 saturated heterocycles. The van der Waals surface area contributed by atoms with Crippen LogP contribution in [0.25, 0.3) is 0 Å². The van der Waals surface area contributed by atoms with Crippen LogP contribution in [0.5, 0.6) is 0 Å². The molecule has 0 aromatic heterocycles. The topological polar surface area (TPSA) is 38.5 Å². The highest BCUT2D eigenvalue weighted by molar-refractivity contribution is 4.82. The minimum atomic E-state index is 0.376. The van der Waals surface area contributed by atoms with E-state index in [0.29, 0.717) is 24.2 Å². The van der Waals surface area contributed by atoms with Gasteiger partial charge < -0.3 is 10.5 Å². The van der Waals surface area contributed by atoms with Crippen molar-refractivity contribution in [3.63, 3.8) is 0 Å². The van der Waals surface area contributed by atoms with Gasteiger partial charge in [-0.2, -0.15) is 0 Å². The maximum Gasteiger partial charge on any atom is 0.0678 e. The number of nitrogens with zero attached hydrogens (tertiary/aromatic N) is 1. The molecule has 1 saturated carbocycles. The first-order chi connectivity index (χ1) is 8.15. The van der Waals surface area contributed by atoms with Crippen LogP contribution >= 0.6 is 0 Å². The molecule has 2 N–H and O–H groups in total. The van der Waals surface area contributed by atoms with Crippen LogP contribution in [-0.2, 0) is 4.74 Å². The third kappa shape index (κ3) is 3.94. The zero-order valence-corrected chi connectivity index (χ0v) is 11.4. The summed E-state index contributed by atoms with van der Waals surface area (Å²) in [6.07, 6.45) is 7.37. The largest absolute Gasteiger partial charge is 0.373 e. The molecular formula is C14H28N2O. The highest BCUT2D eigenvalue weighted by Crippen LogP contribution is 2.24. The van der Waals surface area contributed by atoms with Crippen molar-refractivity contribution in [2.45, 2.75) is 64.2 Å². The molecule has 3 heteroatoms. The summed E-state index contributed by atoms with van der Waals surface area (Å²) in [7, 11) is 0. The maximum atomic E-state index is 6.31. The Morgan fingerprint density at radius 2 is 1.71 bits per heavy atom. The average molecular weight is 240 g/mol. The Balaban J connectivity index is 1.85. The summed E-state index contributed by atoms with van der Waals surface area (Å²) >= 11 is 0. The van der Waals surface area contributed by atoms with E-state index in [1.807, 2.05) is 0 Å². The molecule has 0 radical (unpaired) electrons. The van der Waals surface area contributed by atoms with Gasteiger partial charge in [0, 0.05) is 25.7 Å². The van der Waals surface area contributed by atoms with Crippen LogP contribution in [0, 0.1) is 5.92 Å². The first-order valence-corrected chi connectivity index (χ1v) is 7.28. The molecular weight excluding hydrogens is 212 g/mol. The molecule has 2 unspecified atom stereocenters. The van der Waals surface area contributed by atoms with Crippen LogP contribution in [0.3, 0.4) is 0 Å². The molecule has 3 nitrogen and oxygen atoms in total. The third-order valence-corrected chi connectivity index (χ3v) is 4.21. The highest BCUT2D eigenvalue weighted by atomic mass is 16.5. The number of nitrogens with two attached hydrogens (primary N) is 1. The standard InChI is InChI=1S/C14H28N2O/c1-11-8-16(9-12(2)17-11)10-13-6-4-3-5-7-14(13)15/h11-14H,3-10,15H2,1-2H3/t11-,12+,13?,14?. The molecule has 1 aliphatic carbocycles. The summed E-state index contributed by atoms with van der Waals surface area (Å²) in [5, 5.41) is 0. The van der Waals surface area contributed by atoms with E-state index in [0.717, 1.165) is 13.1 Å². The smallest absolute Gasteiger partial charge is 0.0678 e. The lowest BCUT2D eigenvalue weighted by Gasteiger charge is -2.38. The molecule has 1 aliphatic heterocycles. The molecule has 0 amide bonds. The van der Waals surface area contributed by atoms with E-state index in [1.165, 1.54) is 38.6 Å². The normalized spacial score (nSPS) is 41.1. The summed E-state index contributed by atoms with van der Waals surface area (Å²) in [5.74, 6) is 0.704. The number of hydrogen-bond acceptors (Lipinski definition) is 3. The molecule has 4 atom stereocenters. The molecule has 17 heavy (non-hydrogen) atoms. The Kier molecular flexibility index (Phi) is 4.83. The lowest BCUT2D eigenvalue weighted by Crippen LogP contribution is -2.49. The molecule has 2 fully saturated rings. The van der Waals surface area contributed by atoms with E-state index in [1.54, 1.807) is 0 Å². The Morgan fingerprint density at radius 1 is 1.06 bits per heavy atom. The number of rotatable bonds is 2. The van der Waals surface area contributed by atoms with Gasteiger partial charge in [0.1, 0.15) is 0 Å². The summed E-state index contributed by atoms with van der Waals surface area (Å²) in [6.45, 7) is 7.69. The third-order valence-electron chi connectivity index (χ3n) is 4.21. The second kappa shape index (κ2) is 6.17. The van der Waals surface area contributed by atoms with Crippen molar-refractivity contribution < 1.29 is 4.74 Å². The van der Waals surface area contributed by atoms with E-state index in [4.69, 9.17) is 10.5 Å². The maximum absolute atomic E-state index is 6.31. The zero-order chi connectivity index (χ0) is 12.3. The minimum absolute atomic E-state index is 0.376. The van der Waals surface area contributed by atoms with Crippen LogP contribution in [0.1, 0.15) is 46.0 Å². The first kappa shape index (κ1) is 13.3. The van der Waals surface area contributed by atoms with Crippen molar-refractivity contribution in [1.29, 1.82) is 0 Å². The van der Waals surface area contributed by atoms with E-state index < -0.39 is 0 Å². The van der Waals surface area contributed by atoms with E-state index in [2.05, 4.69) is 18.7 Å². The lowest BCUT2D eigenvalue weighted by atomic mass is 9.94. The predicted molar refractivity (Wildman–Crippen MR) is 71.0 cm³/mol. The Bertz CT molecular complexity index is 224. The number of ether oxygens (including phenoxy) is 1. The molecule has 0 aromatic carbocycles. The van der Waals surface area contributed by atoms with Crippen molar-refractivity contribution in [1.82, 2.24) is 4.90 Å². The summed E-state index contributed by atoms with van der Waals surface area (Å²) in [6, 6.07) is 0.422. The highest BCUT2D eigenvalue weighted by Gasteiger charge is 2.27. The second-order valence-corrected chi connectivity index (χ2v) is 6.04. The van der Waals surface area contributed by atoms with Gasteiger partial charge in [-0.1, -0.05) is 19.3 Å². The fraction of sp³-hybridized carbons (Fsp3) is 1.00. The van der Waals surface area contributed by atoms with Crippen molar-refractivity contribution in [2.24, 2.45) is 11.7 Å². The number of morpholine rings is 1. The van der Waals surface area contributed by atoms with Crippen molar-refractivity contribution >= 4 is 0 Å². The zero-order valence-electron chi connectivity index (χ0n) is 11.4. The van der Waals surface area contributed by atoms with Gasteiger partial charge in [0.25, 0.3) is 0 Å². The predicted octanol–water partition coefficient (Wildman–Crippen LogP) is 2.00. The molecule has 0 aromatic rings. The molecule has 0 bridgehead atoms. The van der Waals surface area contributed by atoms with Gasteiger partial charge >= 0.3 is 0 Å². The molecule has 0 spiro atoms. The Hall–Kier alpha value is -0.120. The fourth-order valence-corrected chi connectivity index (χ4v) is 3.40. The summed E-state index contributed by atoms with van der Waals surface area (Å²) in [5.41, 5.74) is 6.31. The summed E-state index contributed by atoms with van der Waals surface area (Å²) < 4.78 is 5.78.